The summed E-state index contributed by atoms with van der Waals surface area (Å²) < 4.78 is 9.61. The van der Waals surface area contributed by atoms with Crippen LogP contribution in [-0.4, -0.2) is 52.2 Å². The summed E-state index contributed by atoms with van der Waals surface area (Å²) in [4.78, 5) is 22.9. The van der Waals surface area contributed by atoms with Crippen LogP contribution in [0.3, 0.4) is 0 Å². The first-order valence-electron chi connectivity index (χ1n) is 5.50. The number of carbonyl (C=O) groups is 2. The van der Waals surface area contributed by atoms with Crippen molar-refractivity contribution < 1.29 is 39.5 Å². The number of carboxylic acids is 1. The zero-order chi connectivity index (χ0) is 15.4. The second-order valence-corrected chi connectivity index (χ2v) is 3.99. The molecule has 0 aliphatic heterocycles. The van der Waals surface area contributed by atoms with Gasteiger partial charge in [0.05, 0.1) is 12.2 Å². The largest absolute Gasteiger partial charge is 0.504 e. The molecular formula is C12H14O8. The van der Waals surface area contributed by atoms with Crippen LogP contribution in [0.5, 0.6) is 17.2 Å². The number of benzene rings is 1. The Bertz CT molecular complexity index is 537. The monoisotopic (exact) mass is 286 g/mol. The molecule has 0 aromatic heterocycles. The molecule has 0 bridgehead atoms. The maximum atomic E-state index is 11.8. The molecule has 8 nitrogen and oxygen atoms in total. The van der Waals surface area contributed by atoms with Crippen molar-refractivity contribution in [2.45, 2.75) is 13.0 Å². The summed E-state index contributed by atoms with van der Waals surface area (Å²) in [6.07, 6.45) is -0.690. The standard InChI is InChI=1S/C12H14O8/c1-5(4-19-2)20-12(18)8-6(11(16)17)3-7(13)9(14)10(8)15/h3,5,13-15H,4H2,1-2H3,(H,16,17). The normalized spacial score (nSPS) is 11.9. The lowest BCUT2D eigenvalue weighted by atomic mass is 10.0. The van der Waals surface area contributed by atoms with Crippen molar-refractivity contribution in [3.8, 4) is 17.2 Å². The highest BCUT2D eigenvalue weighted by atomic mass is 16.6. The summed E-state index contributed by atoms with van der Waals surface area (Å²) in [6.45, 7) is 1.57. The molecule has 0 aliphatic rings. The summed E-state index contributed by atoms with van der Waals surface area (Å²) in [5.74, 6) is -5.64. The minimum Gasteiger partial charge on any atom is -0.504 e. The average Bonchev–Trinajstić information content (AvgIpc) is 2.35. The number of ether oxygens (including phenoxy) is 2. The van der Waals surface area contributed by atoms with Gasteiger partial charge in [-0.05, 0) is 13.0 Å². The third-order valence-electron chi connectivity index (χ3n) is 2.40. The number of methoxy groups -OCH3 is 1. The average molecular weight is 286 g/mol. The van der Waals surface area contributed by atoms with E-state index in [0.717, 1.165) is 0 Å². The summed E-state index contributed by atoms with van der Waals surface area (Å²) in [5, 5.41) is 37.2. The summed E-state index contributed by atoms with van der Waals surface area (Å²) in [5.41, 5.74) is -1.43. The number of carboxylic acid groups (broad SMARTS) is 1. The van der Waals surface area contributed by atoms with Crippen LogP contribution in [0.25, 0.3) is 0 Å². The van der Waals surface area contributed by atoms with Crippen molar-refractivity contribution in [3.05, 3.63) is 17.2 Å². The molecule has 20 heavy (non-hydrogen) atoms. The maximum absolute atomic E-state index is 11.8. The van der Waals surface area contributed by atoms with Crippen LogP contribution < -0.4 is 0 Å². The van der Waals surface area contributed by atoms with Crippen LogP contribution in [0.2, 0.25) is 0 Å². The van der Waals surface area contributed by atoms with Gasteiger partial charge < -0.3 is 29.9 Å². The maximum Gasteiger partial charge on any atom is 0.343 e. The number of rotatable bonds is 5. The molecule has 1 unspecified atom stereocenters. The predicted octanol–water partition coefficient (Wildman–Crippen LogP) is 0.693. The first-order valence-corrected chi connectivity index (χ1v) is 5.50. The molecule has 0 radical (unpaired) electrons. The Labute approximate surface area is 113 Å². The van der Waals surface area contributed by atoms with E-state index in [1.165, 1.54) is 14.0 Å². The third kappa shape index (κ3) is 3.09. The van der Waals surface area contributed by atoms with Crippen LogP contribution in [0, 0.1) is 0 Å². The van der Waals surface area contributed by atoms with Gasteiger partial charge in [0.1, 0.15) is 11.7 Å². The highest BCUT2D eigenvalue weighted by molar-refractivity contribution is 6.05. The molecule has 4 N–H and O–H groups in total. The van der Waals surface area contributed by atoms with Gasteiger partial charge in [-0.3, -0.25) is 0 Å². The molecule has 0 saturated heterocycles. The van der Waals surface area contributed by atoms with Crippen molar-refractivity contribution in [1.82, 2.24) is 0 Å². The minimum atomic E-state index is -1.57. The molecule has 0 aliphatic carbocycles. The van der Waals surface area contributed by atoms with Gasteiger partial charge in [-0.15, -0.1) is 0 Å². The second-order valence-electron chi connectivity index (χ2n) is 3.99. The molecule has 8 heteroatoms. The number of esters is 1. The molecule has 1 aromatic rings. The Morgan fingerprint density at radius 2 is 1.85 bits per heavy atom. The molecular weight excluding hydrogens is 272 g/mol. The van der Waals surface area contributed by atoms with Crippen LogP contribution in [0.4, 0.5) is 0 Å². The highest BCUT2D eigenvalue weighted by Crippen LogP contribution is 2.40. The van der Waals surface area contributed by atoms with Gasteiger partial charge in [-0.1, -0.05) is 0 Å². The Hall–Kier alpha value is -2.48. The van der Waals surface area contributed by atoms with Crippen molar-refractivity contribution in [2.24, 2.45) is 0 Å². The van der Waals surface area contributed by atoms with Gasteiger partial charge in [0.2, 0.25) is 5.75 Å². The van der Waals surface area contributed by atoms with E-state index in [4.69, 9.17) is 14.6 Å². The first-order chi connectivity index (χ1) is 9.29. The van der Waals surface area contributed by atoms with Crippen LogP contribution >= 0.6 is 0 Å². The van der Waals surface area contributed by atoms with Gasteiger partial charge in [0.25, 0.3) is 0 Å². The molecule has 0 heterocycles. The van der Waals surface area contributed by atoms with Crippen LogP contribution in [0.1, 0.15) is 27.6 Å². The fraction of sp³-hybridized carbons (Fsp3) is 0.333. The van der Waals surface area contributed by atoms with E-state index in [9.17, 15) is 24.9 Å². The van der Waals surface area contributed by atoms with Crippen LogP contribution in [-0.2, 0) is 9.47 Å². The number of hydrogen-bond donors (Lipinski definition) is 4. The molecule has 0 spiro atoms. The van der Waals surface area contributed by atoms with Crippen molar-refractivity contribution in [3.63, 3.8) is 0 Å². The van der Waals surface area contributed by atoms with Crippen molar-refractivity contribution >= 4 is 11.9 Å². The zero-order valence-corrected chi connectivity index (χ0v) is 10.8. The van der Waals surface area contributed by atoms with Crippen molar-refractivity contribution in [2.75, 3.05) is 13.7 Å². The topological polar surface area (TPSA) is 134 Å². The Morgan fingerprint density at radius 1 is 1.25 bits per heavy atom. The van der Waals surface area contributed by atoms with Gasteiger partial charge in [-0.25, -0.2) is 9.59 Å². The number of phenols is 3. The van der Waals surface area contributed by atoms with E-state index >= 15 is 0 Å². The number of hydrogen-bond acceptors (Lipinski definition) is 7. The van der Waals surface area contributed by atoms with Gasteiger partial charge in [-0.2, -0.15) is 0 Å². The highest BCUT2D eigenvalue weighted by Gasteiger charge is 2.28. The summed E-state index contributed by atoms with van der Waals surface area (Å²) in [6, 6.07) is 0.648. The van der Waals surface area contributed by atoms with E-state index in [1.807, 2.05) is 0 Å². The molecule has 1 atom stereocenters. The Balaban J connectivity index is 3.25. The number of phenolic OH excluding ortho intramolecular Hbond substituents is 3. The van der Waals surface area contributed by atoms with E-state index in [-0.39, 0.29) is 6.61 Å². The minimum absolute atomic E-state index is 0.0684. The molecule has 1 aromatic carbocycles. The summed E-state index contributed by atoms with van der Waals surface area (Å²) >= 11 is 0. The number of carbonyl (C=O) groups excluding carboxylic acids is 1. The Kier molecular flexibility index (Phi) is 4.76. The SMILES string of the molecule is COCC(C)OC(=O)c1c(C(=O)O)cc(O)c(O)c1O. The van der Waals surface area contributed by atoms with E-state index in [0.29, 0.717) is 6.07 Å². The number of aromatic hydroxyl groups is 3. The molecule has 110 valence electrons. The second kappa shape index (κ2) is 6.11. The fourth-order valence-electron chi connectivity index (χ4n) is 1.53. The molecule has 0 saturated carbocycles. The zero-order valence-electron chi connectivity index (χ0n) is 10.8. The third-order valence-corrected chi connectivity index (χ3v) is 2.40. The van der Waals surface area contributed by atoms with Gasteiger partial charge in [0, 0.05) is 7.11 Å². The van der Waals surface area contributed by atoms with E-state index < -0.39 is 46.4 Å². The predicted molar refractivity (Wildman–Crippen MR) is 65.1 cm³/mol. The molecule has 0 amide bonds. The lowest BCUT2D eigenvalue weighted by Crippen LogP contribution is -2.21. The summed E-state index contributed by atoms with van der Waals surface area (Å²) in [7, 11) is 1.39. The van der Waals surface area contributed by atoms with Gasteiger partial charge >= 0.3 is 11.9 Å². The smallest absolute Gasteiger partial charge is 0.343 e. The lowest BCUT2D eigenvalue weighted by molar-refractivity contribution is 0.0114. The first kappa shape index (κ1) is 15.6. The van der Waals surface area contributed by atoms with Gasteiger partial charge in [0.15, 0.2) is 11.5 Å². The fourth-order valence-corrected chi connectivity index (χ4v) is 1.53. The Morgan fingerprint density at radius 3 is 2.35 bits per heavy atom. The lowest BCUT2D eigenvalue weighted by Gasteiger charge is -2.15. The molecule has 1 rings (SSSR count). The quantitative estimate of drug-likeness (QED) is 0.459. The van der Waals surface area contributed by atoms with Crippen molar-refractivity contribution in [1.29, 1.82) is 0 Å². The van der Waals surface area contributed by atoms with E-state index in [1.54, 1.807) is 0 Å². The number of aromatic carboxylic acids is 1. The van der Waals surface area contributed by atoms with E-state index in [2.05, 4.69) is 0 Å². The van der Waals surface area contributed by atoms with Crippen LogP contribution in [0.15, 0.2) is 6.07 Å². The molecule has 0 fully saturated rings.